The SMILES string of the molecule is O=C(O)c1cc(C(F)(F)F)c(-c2ccccc2)c2ncc(F)cc12. The Morgan fingerprint density at radius 1 is 1.08 bits per heavy atom. The van der Waals surface area contributed by atoms with Gasteiger partial charge in [0.05, 0.1) is 22.8 Å². The Hall–Kier alpha value is -2.96. The molecule has 2 aromatic carbocycles. The van der Waals surface area contributed by atoms with Crippen molar-refractivity contribution >= 4 is 16.9 Å². The Morgan fingerprint density at radius 2 is 1.75 bits per heavy atom. The van der Waals surface area contributed by atoms with Gasteiger partial charge in [-0.15, -0.1) is 0 Å². The first-order valence-electron chi connectivity index (χ1n) is 6.77. The Morgan fingerprint density at radius 3 is 2.33 bits per heavy atom. The molecule has 0 saturated heterocycles. The normalized spacial score (nSPS) is 11.7. The molecule has 3 rings (SSSR count). The second kappa shape index (κ2) is 5.59. The molecule has 3 nitrogen and oxygen atoms in total. The number of carboxylic acid groups (broad SMARTS) is 1. The number of aromatic nitrogens is 1. The molecular weight excluding hydrogens is 326 g/mol. The summed E-state index contributed by atoms with van der Waals surface area (Å²) in [6, 6.07) is 9.04. The molecule has 0 unspecified atom stereocenters. The van der Waals surface area contributed by atoms with E-state index in [1.165, 1.54) is 12.1 Å². The number of carboxylic acids is 1. The van der Waals surface area contributed by atoms with Crippen molar-refractivity contribution in [2.75, 3.05) is 0 Å². The van der Waals surface area contributed by atoms with Crippen LogP contribution < -0.4 is 0 Å². The highest BCUT2D eigenvalue weighted by Gasteiger charge is 2.36. The molecule has 3 aromatic rings. The smallest absolute Gasteiger partial charge is 0.417 e. The van der Waals surface area contributed by atoms with Crippen LogP contribution in [0.2, 0.25) is 0 Å². The Bertz CT molecular complexity index is 937. The third-order valence-corrected chi connectivity index (χ3v) is 3.54. The lowest BCUT2D eigenvalue weighted by molar-refractivity contribution is -0.137. The van der Waals surface area contributed by atoms with Crippen molar-refractivity contribution in [1.29, 1.82) is 0 Å². The average Bonchev–Trinajstić information content (AvgIpc) is 2.52. The van der Waals surface area contributed by atoms with E-state index in [2.05, 4.69) is 4.98 Å². The first kappa shape index (κ1) is 15.9. The molecule has 0 aliphatic carbocycles. The molecule has 0 aliphatic rings. The fourth-order valence-corrected chi connectivity index (χ4v) is 2.56. The van der Waals surface area contributed by atoms with E-state index in [1.807, 2.05) is 0 Å². The third-order valence-electron chi connectivity index (χ3n) is 3.54. The fourth-order valence-electron chi connectivity index (χ4n) is 2.56. The molecule has 1 aromatic heterocycles. The van der Waals surface area contributed by atoms with Gasteiger partial charge in [-0.1, -0.05) is 30.3 Å². The molecule has 0 saturated carbocycles. The van der Waals surface area contributed by atoms with Gasteiger partial charge in [0.25, 0.3) is 0 Å². The van der Waals surface area contributed by atoms with E-state index < -0.39 is 29.1 Å². The zero-order chi connectivity index (χ0) is 17.5. The molecule has 0 spiro atoms. The van der Waals surface area contributed by atoms with E-state index in [1.54, 1.807) is 18.2 Å². The van der Waals surface area contributed by atoms with Crippen LogP contribution in [0.4, 0.5) is 17.6 Å². The van der Waals surface area contributed by atoms with E-state index in [4.69, 9.17) is 0 Å². The predicted octanol–water partition coefficient (Wildman–Crippen LogP) is 4.76. The van der Waals surface area contributed by atoms with Crippen molar-refractivity contribution in [3.8, 4) is 11.1 Å². The number of rotatable bonds is 2. The standard InChI is InChI=1S/C17H9F4NO2/c18-10-6-11-12(16(23)24)7-13(17(19,20)21)14(15(11)22-8-10)9-4-2-1-3-5-9/h1-8H,(H,23,24). The van der Waals surface area contributed by atoms with Gasteiger partial charge >= 0.3 is 12.1 Å². The highest BCUT2D eigenvalue weighted by molar-refractivity contribution is 6.08. The van der Waals surface area contributed by atoms with Crippen molar-refractivity contribution in [3.63, 3.8) is 0 Å². The third kappa shape index (κ3) is 2.68. The van der Waals surface area contributed by atoms with Crippen LogP contribution in [0, 0.1) is 5.82 Å². The van der Waals surface area contributed by atoms with Crippen molar-refractivity contribution in [3.05, 3.63) is 65.6 Å². The largest absolute Gasteiger partial charge is 0.478 e. The second-order valence-electron chi connectivity index (χ2n) is 5.07. The highest BCUT2D eigenvalue weighted by Crippen LogP contribution is 2.42. The molecule has 7 heteroatoms. The molecule has 0 atom stereocenters. The van der Waals surface area contributed by atoms with Crippen LogP contribution >= 0.6 is 0 Å². The second-order valence-corrected chi connectivity index (χ2v) is 5.07. The lowest BCUT2D eigenvalue weighted by Gasteiger charge is -2.17. The number of fused-ring (bicyclic) bond motifs is 1. The average molecular weight is 335 g/mol. The maximum atomic E-state index is 13.5. The van der Waals surface area contributed by atoms with Crippen LogP contribution in [0.25, 0.3) is 22.0 Å². The summed E-state index contributed by atoms with van der Waals surface area (Å²) in [5.74, 6) is -2.42. The van der Waals surface area contributed by atoms with Gasteiger partial charge in [0.1, 0.15) is 5.82 Å². The maximum Gasteiger partial charge on any atom is 0.417 e. The van der Waals surface area contributed by atoms with Gasteiger partial charge in [0, 0.05) is 10.9 Å². The van der Waals surface area contributed by atoms with Crippen LogP contribution in [0.15, 0.2) is 48.7 Å². The summed E-state index contributed by atoms with van der Waals surface area (Å²) in [6.07, 6.45) is -4.03. The van der Waals surface area contributed by atoms with E-state index in [9.17, 15) is 27.5 Å². The molecule has 0 amide bonds. The number of hydrogen-bond acceptors (Lipinski definition) is 2. The molecule has 0 radical (unpaired) electrons. The molecule has 0 aliphatic heterocycles. The van der Waals surface area contributed by atoms with Crippen LogP contribution in [0.3, 0.4) is 0 Å². The molecule has 0 bridgehead atoms. The fraction of sp³-hybridized carbons (Fsp3) is 0.0588. The number of benzene rings is 2. The van der Waals surface area contributed by atoms with Crippen LogP contribution in [0.1, 0.15) is 15.9 Å². The molecule has 0 fully saturated rings. The summed E-state index contributed by atoms with van der Waals surface area (Å²) in [5, 5.41) is 9.02. The Kier molecular flexibility index (Phi) is 3.71. The Labute approximate surface area is 133 Å². The number of carbonyl (C=O) groups is 1. The van der Waals surface area contributed by atoms with Gasteiger partial charge in [-0.25, -0.2) is 9.18 Å². The molecule has 122 valence electrons. The van der Waals surface area contributed by atoms with E-state index in [-0.39, 0.29) is 22.0 Å². The topological polar surface area (TPSA) is 50.2 Å². The quantitative estimate of drug-likeness (QED) is 0.687. The monoisotopic (exact) mass is 335 g/mol. The first-order chi connectivity index (χ1) is 11.3. The first-order valence-corrected chi connectivity index (χ1v) is 6.77. The van der Waals surface area contributed by atoms with Crippen LogP contribution in [-0.2, 0) is 6.18 Å². The summed E-state index contributed by atoms with van der Waals surface area (Å²) < 4.78 is 53.9. The summed E-state index contributed by atoms with van der Waals surface area (Å²) >= 11 is 0. The number of nitrogens with zero attached hydrogens (tertiary/aromatic N) is 1. The minimum Gasteiger partial charge on any atom is -0.478 e. The van der Waals surface area contributed by atoms with Crippen LogP contribution in [0.5, 0.6) is 0 Å². The van der Waals surface area contributed by atoms with Crippen molar-refractivity contribution < 1.29 is 27.5 Å². The summed E-state index contributed by atoms with van der Waals surface area (Å²) in [7, 11) is 0. The van der Waals surface area contributed by atoms with Gasteiger partial charge < -0.3 is 5.11 Å². The van der Waals surface area contributed by atoms with Crippen molar-refractivity contribution in [2.45, 2.75) is 6.18 Å². The summed E-state index contributed by atoms with van der Waals surface area (Å²) in [6.45, 7) is 0. The van der Waals surface area contributed by atoms with E-state index in [0.29, 0.717) is 6.07 Å². The summed E-state index contributed by atoms with van der Waals surface area (Å²) in [4.78, 5) is 15.1. The maximum absolute atomic E-state index is 13.5. The lowest BCUT2D eigenvalue weighted by atomic mass is 9.92. The number of pyridine rings is 1. The zero-order valence-corrected chi connectivity index (χ0v) is 11.9. The van der Waals surface area contributed by atoms with Crippen molar-refractivity contribution in [2.24, 2.45) is 0 Å². The van der Waals surface area contributed by atoms with Gasteiger partial charge in [-0.05, 0) is 17.7 Å². The molecular formula is C17H9F4NO2. The van der Waals surface area contributed by atoms with E-state index >= 15 is 0 Å². The van der Waals surface area contributed by atoms with Gasteiger partial charge in [0.2, 0.25) is 0 Å². The highest BCUT2D eigenvalue weighted by atomic mass is 19.4. The van der Waals surface area contributed by atoms with Gasteiger partial charge in [-0.2, -0.15) is 13.2 Å². The minimum atomic E-state index is -4.79. The minimum absolute atomic E-state index is 0.186. The predicted molar refractivity (Wildman–Crippen MR) is 79.1 cm³/mol. The van der Waals surface area contributed by atoms with Gasteiger partial charge in [0.15, 0.2) is 0 Å². The number of halogens is 4. The van der Waals surface area contributed by atoms with Crippen molar-refractivity contribution in [1.82, 2.24) is 4.98 Å². The number of aromatic carboxylic acids is 1. The van der Waals surface area contributed by atoms with E-state index in [0.717, 1.165) is 12.3 Å². The van der Waals surface area contributed by atoms with Crippen LogP contribution in [-0.4, -0.2) is 16.1 Å². The zero-order valence-electron chi connectivity index (χ0n) is 11.9. The Balaban J connectivity index is 2.52. The molecule has 1 heterocycles. The molecule has 1 N–H and O–H groups in total. The molecule has 24 heavy (non-hydrogen) atoms. The lowest BCUT2D eigenvalue weighted by Crippen LogP contribution is -2.11. The summed E-state index contributed by atoms with van der Waals surface area (Å²) in [5.41, 5.74) is -2.05. The van der Waals surface area contributed by atoms with Gasteiger partial charge in [-0.3, -0.25) is 4.98 Å². The number of hydrogen-bond donors (Lipinski definition) is 1. The number of alkyl halides is 3.